The zero-order valence-electron chi connectivity index (χ0n) is 15.7. The number of likely N-dealkylation sites (N-methyl/N-ethyl adjacent to an activating group) is 1. The van der Waals surface area contributed by atoms with Crippen LogP contribution in [0.2, 0.25) is 0 Å². The number of fused-ring (bicyclic) bond motifs is 1. The molecule has 0 spiro atoms. The molecule has 0 aliphatic carbocycles. The Morgan fingerprint density at radius 2 is 1.85 bits per heavy atom. The maximum atomic E-state index is 12.7. The molecule has 0 unspecified atom stereocenters. The first kappa shape index (κ1) is 18.6. The fraction of sp³-hybridized carbons (Fsp3) is 0.286. The summed E-state index contributed by atoms with van der Waals surface area (Å²) < 4.78 is 10.9. The number of rotatable bonds is 6. The van der Waals surface area contributed by atoms with Crippen LogP contribution in [0.5, 0.6) is 0 Å². The zero-order chi connectivity index (χ0) is 19.4. The number of pyridine rings is 1. The van der Waals surface area contributed by atoms with Crippen molar-refractivity contribution >= 4 is 22.8 Å². The van der Waals surface area contributed by atoms with Gasteiger partial charge in [-0.2, -0.15) is 0 Å². The third-order valence-corrected chi connectivity index (χ3v) is 4.37. The highest BCUT2D eigenvalue weighted by atomic mass is 16.5. The van der Waals surface area contributed by atoms with E-state index in [0.717, 1.165) is 5.76 Å². The molecule has 6 heteroatoms. The highest BCUT2D eigenvalue weighted by molar-refractivity contribution is 6.05. The topological polar surface area (TPSA) is 72.6 Å². The van der Waals surface area contributed by atoms with Crippen molar-refractivity contribution < 1.29 is 18.7 Å². The maximum absolute atomic E-state index is 12.7. The maximum Gasteiger partial charge on any atom is 0.339 e. The van der Waals surface area contributed by atoms with E-state index in [9.17, 15) is 9.59 Å². The number of amides is 1. The van der Waals surface area contributed by atoms with Crippen LogP contribution in [0.25, 0.3) is 22.4 Å². The Labute approximate surface area is 157 Å². The van der Waals surface area contributed by atoms with Gasteiger partial charge in [0, 0.05) is 18.5 Å². The minimum absolute atomic E-state index is 0.214. The van der Waals surface area contributed by atoms with Crippen LogP contribution in [0.3, 0.4) is 0 Å². The molecule has 0 bridgehead atoms. The molecule has 0 radical (unpaired) electrons. The Balaban J connectivity index is 1.92. The molecular formula is C21H22N2O4. The van der Waals surface area contributed by atoms with E-state index in [-0.39, 0.29) is 12.5 Å². The van der Waals surface area contributed by atoms with Gasteiger partial charge in [0.05, 0.1) is 11.1 Å². The van der Waals surface area contributed by atoms with Crippen molar-refractivity contribution in [3.63, 3.8) is 0 Å². The van der Waals surface area contributed by atoms with E-state index in [2.05, 4.69) is 4.98 Å². The lowest BCUT2D eigenvalue weighted by Crippen LogP contribution is -2.34. The highest BCUT2D eigenvalue weighted by Crippen LogP contribution is 2.26. The summed E-state index contributed by atoms with van der Waals surface area (Å²) >= 11 is 0. The summed E-state index contributed by atoms with van der Waals surface area (Å²) in [6.45, 7) is 6.49. The molecule has 0 saturated carbocycles. The Morgan fingerprint density at radius 3 is 2.52 bits per heavy atom. The van der Waals surface area contributed by atoms with Crippen molar-refractivity contribution in [1.29, 1.82) is 0 Å². The van der Waals surface area contributed by atoms with Gasteiger partial charge in [0.25, 0.3) is 5.91 Å². The molecule has 0 aliphatic heterocycles. The lowest BCUT2D eigenvalue weighted by molar-refractivity contribution is -0.134. The number of aryl methyl sites for hydroxylation is 1. The van der Waals surface area contributed by atoms with E-state index in [1.807, 2.05) is 57.2 Å². The summed E-state index contributed by atoms with van der Waals surface area (Å²) in [5.41, 5.74) is 1.56. The predicted octanol–water partition coefficient (Wildman–Crippen LogP) is 3.83. The second-order valence-electron chi connectivity index (χ2n) is 6.12. The van der Waals surface area contributed by atoms with E-state index in [4.69, 9.17) is 9.15 Å². The lowest BCUT2D eigenvalue weighted by atomic mass is 10.1. The van der Waals surface area contributed by atoms with Gasteiger partial charge in [0.2, 0.25) is 0 Å². The number of benzene rings is 1. The minimum Gasteiger partial charge on any atom is -0.460 e. The third kappa shape index (κ3) is 4.00. The minimum atomic E-state index is -0.557. The van der Waals surface area contributed by atoms with Crippen molar-refractivity contribution in [2.45, 2.75) is 20.8 Å². The Morgan fingerprint density at radius 1 is 1.11 bits per heavy atom. The van der Waals surface area contributed by atoms with Crippen LogP contribution in [0.15, 0.2) is 46.9 Å². The van der Waals surface area contributed by atoms with E-state index in [0.29, 0.717) is 41.0 Å². The summed E-state index contributed by atoms with van der Waals surface area (Å²) in [6.07, 6.45) is 0. The van der Waals surface area contributed by atoms with Crippen molar-refractivity contribution in [3.05, 3.63) is 53.8 Å². The van der Waals surface area contributed by atoms with Crippen LogP contribution in [-0.2, 0) is 9.53 Å². The molecule has 1 amide bonds. The molecule has 140 valence electrons. The number of hydrogen-bond donors (Lipinski definition) is 0. The van der Waals surface area contributed by atoms with Gasteiger partial charge in [-0.15, -0.1) is 0 Å². The zero-order valence-corrected chi connectivity index (χ0v) is 15.7. The molecule has 3 aromatic rings. The van der Waals surface area contributed by atoms with Gasteiger partial charge >= 0.3 is 5.97 Å². The van der Waals surface area contributed by atoms with Crippen molar-refractivity contribution in [2.24, 2.45) is 0 Å². The predicted molar refractivity (Wildman–Crippen MR) is 102 cm³/mol. The molecule has 0 N–H and O–H groups in total. The van der Waals surface area contributed by atoms with Gasteiger partial charge in [0.1, 0.15) is 11.5 Å². The number of para-hydroxylation sites is 1. The van der Waals surface area contributed by atoms with Crippen LogP contribution >= 0.6 is 0 Å². The first-order valence-electron chi connectivity index (χ1n) is 8.95. The molecule has 0 saturated heterocycles. The Hall–Kier alpha value is -3.15. The number of esters is 1. The smallest absolute Gasteiger partial charge is 0.339 e. The molecule has 2 aromatic heterocycles. The van der Waals surface area contributed by atoms with E-state index in [1.54, 1.807) is 11.0 Å². The molecule has 3 rings (SSSR count). The highest BCUT2D eigenvalue weighted by Gasteiger charge is 2.18. The van der Waals surface area contributed by atoms with Crippen molar-refractivity contribution in [2.75, 3.05) is 19.7 Å². The number of nitrogens with zero attached hydrogens (tertiary/aromatic N) is 2. The standard InChI is InChI=1S/C21H22N2O4/c1-4-23(5-2)20(24)13-26-21(25)16-12-18(19-11-10-14(3)27-19)22-17-9-7-6-8-15(16)17/h6-12H,4-5,13H2,1-3H3. The average Bonchev–Trinajstić information content (AvgIpc) is 3.12. The Kier molecular flexibility index (Phi) is 5.54. The fourth-order valence-electron chi connectivity index (χ4n) is 2.92. The number of hydrogen-bond acceptors (Lipinski definition) is 5. The van der Waals surface area contributed by atoms with Gasteiger partial charge in [-0.3, -0.25) is 4.79 Å². The monoisotopic (exact) mass is 366 g/mol. The molecular weight excluding hydrogens is 344 g/mol. The summed E-state index contributed by atoms with van der Waals surface area (Å²) in [7, 11) is 0. The largest absolute Gasteiger partial charge is 0.460 e. The summed E-state index contributed by atoms with van der Waals surface area (Å²) in [5, 5.41) is 0.671. The van der Waals surface area contributed by atoms with Crippen LogP contribution in [-0.4, -0.2) is 41.5 Å². The van der Waals surface area contributed by atoms with E-state index < -0.39 is 5.97 Å². The van der Waals surface area contributed by atoms with Gasteiger partial charge in [-0.05, 0) is 45.0 Å². The normalized spacial score (nSPS) is 10.8. The molecule has 2 heterocycles. The quantitative estimate of drug-likeness (QED) is 0.620. The number of furan rings is 1. The first-order chi connectivity index (χ1) is 13.0. The van der Waals surface area contributed by atoms with Crippen molar-refractivity contribution in [3.8, 4) is 11.5 Å². The third-order valence-electron chi connectivity index (χ3n) is 4.37. The number of ether oxygens (including phenoxy) is 1. The first-order valence-corrected chi connectivity index (χ1v) is 8.95. The molecule has 0 aliphatic rings. The van der Waals surface area contributed by atoms with E-state index in [1.165, 1.54) is 0 Å². The molecule has 0 fully saturated rings. The van der Waals surface area contributed by atoms with E-state index >= 15 is 0 Å². The summed E-state index contributed by atoms with van der Waals surface area (Å²) in [5.74, 6) is 0.563. The number of aromatic nitrogens is 1. The van der Waals surface area contributed by atoms with Crippen LogP contribution < -0.4 is 0 Å². The molecule has 1 aromatic carbocycles. The molecule has 27 heavy (non-hydrogen) atoms. The Bertz CT molecular complexity index is 973. The molecule has 0 atom stereocenters. The fourth-order valence-corrected chi connectivity index (χ4v) is 2.92. The SMILES string of the molecule is CCN(CC)C(=O)COC(=O)c1cc(-c2ccc(C)o2)nc2ccccc12. The number of carbonyl (C=O) groups excluding carboxylic acids is 2. The second-order valence-corrected chi connectivity index (χ2v) is 6.12. The van der Waals surface area contributed by atoms with Gasteiger partial charge < -0.3 is 14.1 Å². The van der Waals surface area contributed by atoms with Crippen LogP contribution in [0.4, 0.5) is 0 Å². The lowest BCUT2D eigenvalue weighted by Gasteiger charge is -2.18. The van der Waals surface area contributed by atoms with Crippen LogP contribution in [0.1, 0.15) is 30.0 Å². The molecule has 6 nitrogen and oxygen atoms in total. The van der Waals surface area contributed by atoms with Gasteiger partial charge in [-0.25, -0.2) is 9.78 Å². The summed E-state index contributed by atoms with van der Waals surface area (Å²) in [6, 6.07) is 12.6. The average molecular weight is 366 g/mol. The van der Waals surface area contributed by atoms with Crippen LogP contribution in [0, 0.1) is 6.92 Å². The van der Waals surface area contributed by atoms with Gasteiger partial charge in [-0.1, -0.05) is 18.2 Å². The number of carbonyl (C=O) groups is 2. The second kappa shape index (κ2) is 8.03. The summed E-state index contributed by atoms with van der Waals surface area (Å²) in [4.78, 5) is 31.0. The van der Waals surface area contributed by atoms with Crippen molar-refractivity contribution in [1.82, 2.24) is 9.88 Å². The van der Waals surface area contributed by atoms with Gasteiger partial charge in [0.15, 0.2) is 12.4 Å².